The van der Waals surface area contributed by atoms with Crippen LogP contribution >= 0.6 is 54.9 Å². The van der Waals surface area contributed by atoms with Gasteiger partial charge in [-0.2, -0.15) is 11.8 Å². The van der Waals surface area contributed by atoms with Crippen molar-refractivity contribution in [1.82, 2.24) is 58.5 Å². The Bertz CT molecular complexity index is 2630. The third kappa shape index (κ3) is 35.3. The Balaban J connectivity index is 3.44. The number of carbonyl (C=O) groups is 15. The molecule has 1 rings (SSSR count). The summed E-state index contributed by atoms with van der Waals surface area (Å²) in [6, 6.07) is -7.38. The summed E-state index contributed by atoms with van der Waals surface area (Å²) in [6.45, 7) is 11.0. The number of thioether (sulfide) groups is 1. The van der Waals surface area contributed by atoms with E-state index in [1.807, 2.05) is 6.92 Å². The molecule has 35 heteroatoms. The Morgan fingerprint density at radius 2 is 1.13 bits per heavy atom. The lowest BCUT2D eigenvalue weighted by Crippen LogP contribution is -2.59. The number of nitrogens with two attached hydrogens (primary N) is 2. The number of rotatable bonds is 49. The van der Waals surface area contributed by atoms with E-state index in [-0.39, 0.29) is 79.7 Å². The average molecular weight is 1390 g/mol. The Morgan fingerprint density at radius 1 is 0.576 bits per heavy atom. The van der Waals surface area contributed by atoms with Crippen molar-refractivity contribution in [2.45, 2.75) is 167 Å². The Kier molecular flexibility index (Phi) is 41.9. The van der Waals surface area contributed by atoms with E-state index in [0.29, 0.717) is 42.5 Å². The Hall–Kier alpha value is -6.82. The number of carbonyl (C=O) groups excluding carboxylic acids is 14. The van der Waals surface area contributed by atoms with Crippen molar-refractivity contribution < 1.29 is 82.1 Å². The first-order chi connectivity index (χ1) is 43.5. The predicted octanol–water partition coefficient (Wildman–Crippen LogP) is -1.56. The summed E-state index contributed by atoms with van der Waals surface area (Å²) >= 11 is 0.996. The molecule has 0 bridgehead atoms. The third-order valence-electron chi connectivity index (χ3n) is 12.9. The fraction of sp³-hybridized carbons (Fsp3) is 0.632. The molecule has 17 N–H and O–H groups in total. The van der Waals surface area contributed by atoms with E-state index in [9.17, 15) is 82.1 Å². The minimum atomic E-state index is -1.52. The summed E-state index contributed by atoms with van der Waals surface area (Å²) in [5, 5.41) is 47.2. The number of amides is 12. The average Bonchev–Trinajstić information content (AvgIpc) is 1.36. The van der Waals surface area contributed by atoms with Gasteiger partial charge in [-0.15, -0.1) is 0 Å². The second kappa shape index (κ2) is 46.3. The molecular formula is C57H91N13O17S5. The quantitative estimate of drug-likeness (QED) is 0.0199. The molecule has 0 radical (unpaired) electrons. The van der Waals surface area contributed by atoms with Gasteiger partial charge in [0.25, 0.3) is 0 Å². The molecule has 0 heterocycles. The van der Waals surface area contributed by atoms with Gasteiger partial charge in [-0.3, -0.25) is 57.5 Å². The van der Waals surface area contributed by atoms with Crippen LogP contribution in [0.3, 0.4) is 0 Å². The van der Waals surface area contributed by atoms with E-state index in [2.05, 4.69) is 58.5 Å². The standard InChI is InChI=1S/C57H91N13O17S5/c1-9-89-91-29-43(62-34(7)73)55(84)67-39(52(81)66-38(13-12-20-71)51(80)68-40(49(59)78)23-31(2)3)19-22-88-28-42(54(83)63-36(27-72)24-35-15-17-37(74)18-16-35)69-50(79)33(6)61-56(85)48(32(4)5)70-53(82)41(25-45(58)75)64-46(76)14-10-11-21-90-92-30-44(57(86)87)65-47(77)26-60-8/h15-18,20,27,31-33,36,38-44,48,60,74H,9-14,19,21-26,28-30H2,1-8H3,(H2,58,75)(H2,59,78)(H,61,85)(H,62,73)(H,63,83)(H,64,76)(H,65,77)(H,66,81)(H,67,84)(H,68,80)(H,69,79)(H,70,82)(H,86,87)/t33?,36?,38?,39-,40+,41?,42?,43?,44?,48?/m1/s1. The van der Waals surface area contributed by atoms with Gasteiger partial charge >= 0.3 is 5.97 Å². The zero-order valence-electron chi connectivity index (χ0n) is 52.9. The molecule has 0 aromatic heterocycles. The van der Waals surface area contributed by atoms with E-state index < -0.39 is 150 Å². The topological polar surface area (TPSA) is 481 Å². The first-order valence-electron chi connectivity index (χ1n) is 29.6. The van der Waals surface area contributed by atoms with Crippen molar-refractivity contribution in [2.24, 2.45) is 23.3 Å². The summed E-state index contributed by atoms with van der Waals surface area (Å²) in [6.07, 6.45) is 0.560. The van der Waals surface area contributed by atoms with Crippen LogP contribution in [-0.2, 0) is 78.3 Å². The number of unbranched alkanes of at least 4 members (excludes halogenated alkanes) is 1. The lowest BCUT2D eigenvalue weighted by atomic mass is 10.0. The molecule has 30 nitrogen and oxygen atoms in total. The van der Waals surface area contributed by atoms with Crippen LogP contribution in [0, 0.1) is 11.8 Å². The zero-order valence-corrected chi connectivity index (χ0v) is 57.0. The van der Waals surface area contributed by atoms with Crippen LogP contribution in [0.1, 0.15) is 105 Å². The van der Waals surface area contributed by atoms with Gasteiger partial charge in [-0.1, -0.05) is 89.9 Å². The molecule has 0 aliphatic rings. The molecular weight excluding hydrogens is 1300 g/mol. The molecule has 516 valence electrons. The second-order valence-electron chi connectivity index (χ2n) is 21.8. The van der Waals surface area contributed by atoms with Crippen LogP contribution in [0.5, 0.6) is 5.75 Å². The van der Waals surface area contributed by atoms with Crippen LogP contribution in [-0.4, -0.2) is 208 Å². The highest BCUT2D eigenvalue weighted by Crippen LogP contribution is 2.24. The molecule has 0 aliphatic carbocycles. The maximum Gasteiger partial charge on any atom is 0.327 e. The normalized spacial score (nSPS) is 14.3. The molecule has 0 spiro atoms. The first kappa shape index (κ1) is 83.2. The Morgan fingerprint density at radius 3 is 1.68 bits per heavy atom. The number of aromatic hydroxyl groups is 1. The molecule has 10 atom stereocenters. The van der Waals surface area contributed by atoms with E-state index in [1.165, 1.54) is 81.3 Å². The molecule has 0 fully saturated rings. The van der Waals surface area contributed by atoms with Crippen LogP contribution in [0.4, 0.5) is 0 Å². The number of benzene rings is 1. The van der Waals surface area contributed by atoms with Gasteiger partial charge in [0.15, 0.2) is 0 Å². The molecule has 12 amide bonds. The van der Waals surface area contributed by atoms with Crippen LogP contribution < -0.4 is 70.0 Å². The summed E-state index contributed by atoms with van der Waals surface area (Å²) in [4.78, 5) is 194. The van der Waals surface area contributed by atoms with Crippen molar-refractivity contribution in [2.75, 3.05) is 48.1 Å². The predicted molar refractivity (Wildman–Crippen MR) is 354 cm³/mol. The van der Waals surface area contributed by atoms with Crippen LogP contribution in [0.15, 0.2) is 24.3 Å². The van der Waals surface area contributed by atoms with Gasteiger partial charge in [-0.25, -0.2) is 4.79 Å². The number of carboxylic acid groups (broad SMARTS) is 1. The number of phenols is 1. The molecule has 0 aliphatic heterocycles. The Labute approximate surface area is 555 Å². The third-order valence-corrected chi connectivity index (χ3v) is 19.0. The molecule has 92 heavy (non-hydrogen) atoms. The van der Waals surface area contributed by atoms with Gasteiger partial charge in [0.05, 0.1) is 19.0 Å². The number of primary amides is 2. The highest BCUT2D eigenvalue weighted by Gasteiger charge is 2.35. The largest absolute Gasteiger partial charge is 0.508 e. The fourth-order valence-corrected chi connectivity index (χ4v) is 13.3. The number of nitrogens with one attached hydrogen (secondary N) is 11. The monoisotopic (exact) mass is 1390 g/mol. The van der Waals surface area contributed by atoms with E-state index in [4.69, 9.17) is 11.5 Å². The number of aldehydes is 2. The first-order valence-corrected chi connectivity index (χ1v) is 35.8. The smallest absolute Gasteiger partial charge is 0.327 e. The SMILES string of the molecule is CCSSCC(NC(C)=O)C(=O)N[C@H](CCSCC(NC(=O)C(C)NC(=O)C(NC(=O)C(CC(N)=O)NC(=O)CCCCSSCC(NC(=O)CNC)C(=O)O)C(C)C)C(=O)NC(C=O)Cc1ccc(O)cc1)C(=O)NC(CCC=O)C(=O)N[C@@H](CC(C)C)C(N)=O. The zero-order chi connectivity index (χ0) is 69.5. The minimum Gasteiger partial charge on any atom is -0.508 e. The van der Waals surface area contributed by atoms with E-state index in [1.54, 1.807) is 34.7 Å². The molecule has 0 saturated carbocycles. The van der Waals surface area contributed by atoms with E-state index in [0.717, 1.165) is 11.8 Å². The second-order valence-corrected chi connectivity index (χ2v) is 28.3. The number of hydrogen-bond donors (Lipinski definition) is 15. The number of aliphatic carboxylic acids is 1. The minimum absolute atomic E-state index is 0.0409. The highest BCUT2D eigenvalue weighted by atomic mass is 33.1. The maximum atomic E-state index is 14.2. The number of hydrogen-bond acceptors (Lipinski definition) is 22. The highest BCUT2D eigenvalue weighted by molar-refractivity contribution is 8.77. The lowest BCUT2D eigenvalue weighted by Gasteiger charge is -2.27. The van der Waals surface area contributed by atoms with Crippen molar-refractivity contribution >= 4 is 144 Å². The van der Waals surface area contributed by atoms with Crippen molar-refractivity contribution in [3.8, 4) is 5.75 Å². The maximum absolute atomic E-state index is 14.2. The van der Waals surface area contributed by atoms with Crippen molar-refractivity contribution in [3.63, 3.8) is 0 Å². The molecule has 1 aromatic carbocycles. The van der Waals surface area contributed by atoms with Crippen LogP contribution in [0.25, 0.3) is 0 Å². The number of phenolic OH excluding ortho intramolecular Hbond substituents is 1. The fourth-order valence-electron chi connectivity index (χ4n) is 8.16. The van der Waals surface area contributed by atoms with Crippen molar-refractivity contribution in [1.29, 1.82) is 0 Å². The van der Waals surface area contributed by atoms with Gasteiger partial charge in [0, 0.05) is 48.5 Å². The van der Waals surface area contributed by atoms with Gasteiger partial charge in [0.1, 0.15) is 72.7 Å². The van der Waals surface area contributed by atoms with Crippen molar-refractivity contribution in [3.05, 3.63) is 29.8 Å². The summed E-state index contributed by atoms with van der Waals surface area (Å²) in [7, 11) is 6.81. The molecule has 8 unspecified atom stereocenters. The number of likely N-dealkylation sites (N-methyl/N-ethyl adjacent to an activating group) is 1. The van der Waals surface area contributed by atoms with Gasteiger partial charge in [0.2, 0.25) is 70.9 Å². The summed E-state index contributed by atoms with van der Waals surface area (Å²) in [5.74, 6) is -10.6. The van der Waals surface area contributed by atoms with Gasteiger partial charge < -0.3 is 89.8 Å². The van der Waals surface area contributed by atoms with Crippen LogP contribution in [0.2, 0.25) is 0 Å². The molecule has 0 saturated heterocycles. The summed E-state index contributed by atoms with van der Waals surface area (Å²) < 4.78 is 0. The van der Waals surface area contributed by atoms with Gasteiger partial charge in [-0.05, 0) is 87.8 Å². The van der Waals surface area contributed by atoms with E-state index >= 15 is 0 Å². The molecule has 1 aromatic rings. The number of carboxylic acids is 1. The lowest BCUT2D eigenvalue weighted by molar-refractivity contribution is -0.141. The summed E-state index contributed by atoms with van der Waals surface area (Å²) in [5.41, 5.74) is 11.5.